The van der Waals surface area contributed by atoms with Crippen LogP contribution in [0.3, 0.4) is 0 Å². The zero-order valence-corrected chi connectivity index (χ0v) is 6.13. The minimum absolute atomic E-state index is 0.0982. The van der Waals surface area contributed by atoms with E-state index in [-0.39, 0.29) is 6.04 Å². The normalized spacial score (nSPS) is 40.0. The number of rotatable bonds is 1. The number of carboxylic acids is 1. The summed E-state index contributed by atoms with van der Waals surface area (Å²) in [6, 6.07) is 0.0982. The van der Waals surface area contributed by atoms with Gasteiger partial charge in [0.25, 0.3) is 0 Å². The lowest BCUT2D eigenvalue weighted by molar-refractivity contribution is -0.147. The fourth-order valence-electron chi connectivity index (χ4n) is 1.48. The van der Waals surface area contributed by atoms with E-state index in [2.05, 4.69) is 0 Å². The van der Waals surface area contributed by atoms with Crippen LogP contribution in [0.15, 0.2) is 0 Å². The number of hydrogen-bond acceptors (Lipinski definition) is 2. The van der Waals surface area contributed by atoms with Crippen molar-refractivity contribution in [3.8, 4) is 0 Å². The summed E-state index contributed by atoms with van der Waals surface area (Å²) in [7, 11) is 0. The number of carbonyl (C=O) groups is 1. The second kappa shape index (κ2) is 2.23. The monoisotopic (exact) mass is 143 g/mol. The number of nitrogens with two attached hydrogens (primary N) is 1. The zero-order chi connectivity index (χ0) is 7.78. The minimum Gasteiger partial charge on any atom is -0.481 e. The molecule has 2 atom stereocenters. The van der Waals surface area contributed by atoms with Crippen LogP contribution in [0.4, 0.5) is 0 Å². The third-order valence-corrected chi connectivity index (χ3v) is 2.30. The van der Waals surface area contributed by atoms with Crippen LogP contribution < -0.4 is 5.73 Å². The second-order valence-electron chi connectivity index (χ2n) is 3.37. The Morgan fingerprint density at radius 3 is 2.60 bits per heavy atom. The van der Waals surface area contributed by atoms with Gasteiger partial charge in [-0.15, -0.1) is 0 Å². The number of aliphatic carboxylic acids is 1. The molecule has 1 fully saturated rings. The summed E-state index contributed by atoms with van der Waals surface area (Å²) in [4.78, 5) is 10.6. The standard InChI is InChI=1S/C7H13NO2/c1-7(6(9)10)3-2-5(8)4-7/h5H,2-4,8H2,1H3,(H,9,10)/t5?,7-/m0/s1. The van der Waals surface area contributed by atoms with Crippen LogP contribution in [-0.2, 0) is 4.79 Å². The van der Waals surface area contributed by atoms with Crippen LogP contribution in [0.2, 0.25) is 0 Å². The predicted octanol–water partition coefficient (Wildman–Crippen LogP) is 0.588. The average Bonchev–Trinajstić information content (AvgIpc) is 2.13. The Balaban J connectivity index is 2.63. The van der Waals surface area contributed by atoms with E-state index in [1.54, 1.807) is 6.92 Å². The SMILES string of the molecule is C[C@]1(C(=O)O)CCC(N)C1. The molecule has 3 heteroatoms. The highest BCUT2D eigenvalue weighted by molar-refractivity contribution is 5.74. The van der Waals surface area contributed by atoms with Crippen LogP contribution in [0.25, 0.3) is 0 Å². The molecule has 3 nitrogen and oxygen atoms in total. The average molecular weight is 143 g/mol. The Hall–Kier alpha value is -0.570. The molecule has 1 unspecified atom stereocenters. The first-order valence-electron chi connectivity index (χ1n) is 3.53. The van der Waals surface area contributed by atoms with E-state index in [0.29, 0.717) is 6.42 Å². The van der Waals surface area contributed by atoms with Gasteiger partial charge in [0.2, 0.25) is 0 Å². The lowest BCUT2D eigenvalue weighted by atomic mass is 9.89. The molecule has 0 amide bonds. The summed E-state index contributed by atoms with van der Waals surface area (Å²) in [6.45, 7) is 1.77. The molecule has 0 aromatic rings. The molecule has 0 heterocycles. The van der Waals surface area contributed by atoms with Gasteiger partial charge in [-0.3, -0.25) is 4.79 Å². The molecule has 0 aliphatic heterocycles. The van der Waals surface area contributed by atoms with Gasteiger partial charge >= 0.3 is 5.97 Å². The van der Waals surface area contributed by atoms with Crippen molar-refractivity contribution in [2.45, 2.75) is 32.2 Å². The highest BCUT2D eigenvalue weighted by Gasteiger charge is 2.39. The van der Waals surface area contributed by atoms with Crippen molar-refractivity contribution in [1.82, 2.24) is 0 Å². The third-order valence-electron chi connectivity index (χ3n) is 2.30. The van der Waals surface area contributed by atoms with Crippen LogP contribution in [0.5, 0.6) is 0 Å². The van der Waals surface area contributed by atoms with E-state index in [0.717, 1.165) is 12.8 Å². The summed E-state index contributed by atoms with van der Waals surface area (Å²) in [5.74, 6) is -0.708. The topological polar surface area (TPSA) is 63.3 Å². The first kappa shape index (κ1) is 7.54. The highest BCUT2D eigenvalue weighted by atomic mass is 16.4. The molecule has 0 bridgehead atoms. The van der Waals surface area contributed by atoms with Crippen LogP contribution >= 0.6 is 0 Å². The van der Waals surface area contributed by atoms with E-state index in [1.807, 2.05) is 0 Å². The largest absolute Gasteiger partial charge is 0.481 e. The Kier molecular flexibility index (Phi) is 1.68. The minimum atomic E-state index is -0.708. The van der Waals surface area contributed by atoms with Gasteiger partial charge in [0, 0.05) is 6.04 Å². The van der Waals surface area contributed by atoms with Crippen LogP contribution in [0, 0.1) is 5.41 Å². The highest BCUT2D eigenvalue weighted by Crippen LogP contribution is 2.36. The molecule has 1 aliphatic rings. The van der Waals surface area contributed by atoms with Gasteiger partial charge in [-0.1, -0.05) is 0 Å². The molecule has 3 N–H and O–H groups in total. The van der Waals surface area contributed by atoms with Crippen molar-refractivity contribution < 1.29 is 9.90 Å². The molecule has 0 aromatic heterocycles. The van der Waals surface area contributed by atoms with Gasteiger partial charge in [-0.25, -0.2) is 0 Å². The van der Waals surface area contributed by atoms with E-state index in [1.165, 1.54) is 0 Å². The Morgan fingerprint density at radius 1 is 1.80 bits per heavy atom. The molecular formula is C7H13NO2. The Bertz CT molecular complexity index is 158. The second-order valence-corrected chi connectivity index (χ2v) is 3.37. The van der Waals surface area contributed by atoms with Gasteiger partial charge < -0.3 is 10.8 Å². The maximum atomic E-state index is 10.6. The van der Waals surface area contributed by atoms with Gasteiger partial charge in [0.1, 0.15) is 0 Å². The summed E-state index contributed by atoms with van der Waals surface area (Å²) in [5.41, 5.74) is 5.04. The van der Waals surface area contributed by atoms with E-state index < -0.39 is 11.4 Å². The van der Waals surface area contributed by atoms with E-state index in [9.17, 15) is 4.79 Å². The fourth-order valence-corrected chi connectivity index (χ4v) is 1.48. The van der Waals surface area contributed by atoms with E-state index >= 15 is 0 Å². The van der Waals surface area contributed by atoms with Gasteiger partial charge in [-0.2, -0.15) is 0 Å². The molecule has 0 spiro atoms. The van der Waals surface area contributed by atoms with Crippen molar-refractivity contribution in [1.29, 1.82) is 0 Å². The van der Waals surface area contributed by atoms with Crippen molar-refractivity contribution in [3.63, 3.8) is 0 Å². The van der Waals surface area contributed by atoms with Gasteiger partial charge in [-0.05, 0) is 26.2 Å². The van der Waals surface area contributed by atoms with Crippen molar-refractivity contribution in [2.75, 3.05) is 0 Å². The van der Waals surface area contributed by atoms with Crippen LogP contribution in [0.1, 0.15) is 26.2 Å². The lowest BCUT2D eigenvalue weighted by Crippen LogP contribution is -2.26. The molecule has 10 heavy (non-hydrogen) atoms. The van der Waals surface area contributed by atoms with Crippen LogP contribution in [-0.4, -0.2) is 17.1 Å². The molecule has 0 aromatic carbocycles. The molecule has 0 saturated heterocycles. The molecule has 1 rings (SSSR count). The lowest BCUT2D eigenvalue weighted by Gasteiger charge is -2.16. The fraction of sp³-hybridized carbons (Fsp3) is 0.857. The Labute approximate surface area is 60.2 Å². The summed E-state index contributed by atoms with van der Waals surface area (Å²) < 4.78 is 0. The summed E-state index contributed by atoms with van der Waals surface area (Å²) >= 11 is 0. The molecule has 1 saturated carbocycles. The third kappa shape index (κ3) is 1.14. The van der Waals surface area contributed by atoms with Crippen molar-refractivity contribution in [3.05, 3.63) is 0 Å². The summed E-state index contributed by atoms with van der Waals surface area (Å²) in [5, 5.41) is 8.73. The molecule has 1 aliphatic carbocycles. The first-order valence-corrected chi connectivity index (χ1v) is 3.53. The predicted molar refractivity (Wildman–Crippen MR) is 37.6 cm³/mol. The molecule has 0 radical (unpaired) electrons. The number of hydrogen-bond donors (Lipinski definition) is 2. The molecule has 58 valence electrons. The maximum Gasteiger partial charge on any atom is 0.309 e. The van der Waals surface area contributed by atoms with Crippen molar-refractivity contribution in [2.24, 2.45) is 11.1 Å². The smallest absolute Gasteiger partial charge is 0.309 e. The summed E-state index contributed by atoms with van der Waals surface area (Å²) in [6.07, 6.45) is 2.20. The Morgan fingerprint density at radius 2 is 2.40 bits per heavy atom. The number of carboxylic acid groups (broad SMARTS) is 1. The van der Waals surface area contributed by atoms with E-state index in [4.69, 9.17) is 10.8 Å². The quantitative estimate of drug-likeness (QED) is 0.564. The maximum absolute atomic E-state index is 10.6. The van der Waals surface area contributed by atoms with Gasteiger partial charge in [0.15, 0.2) is 0 Å². The first-order chi connectivity index (χ1) is 4.54. The molecular weight excluding hydrogens is 130 g/mol. The zero-order valence-electron chi connectivity index (χ0n) is 6.13. The van der Waals surface area contributed by atoms with Gasteiger partial charge in [0.05, 0.1) is 5.41 Å². The van der Waals surface area contributed by atoms with Crippen molar-refractivity contribution >= 4 is 5.97 Å².